The molecule has 86 valence electrons. The monoisotopic (exact) mass is 210 g/mol. The van der Waals surface area contributed by atoms with Crippen molar-refractivity contribution in [3.05, 3.63) is 0 Å². The Hall–Kier alpha value is -0.0800. The minimum atomic E-state index is -0.0277. The molecule has 0 aromatic heterocycles. The second kappa shape index (κ2) is 3.74. The first-order valence-corrected chi connectivity index (χ1v) is 6.61. The van der Waals surface area contributed by atoms with E-state index in [9.17, 15) is 5.11 Å². The van der Waals surface area contributed by atoms with Gasteiger partial charge in [0.1, 0.15) is 0 Å². The molecule has 0 aromatic carbocycles. The third-order valence-electron chi connectivity index (χ3n) is 4.91. The van der Waals surface area contributed by atoms with Gasteiger partial charge >= 0.3 is 0 Å². The van der Waals surface area contributed by atoms with Crippen LogP contribution >= 0.6 is 0 Å². The summed E-state index contributed by atoms with van der Waals surface area (Å²) >= 11 is 0. The lowest BCUT2D eigenvalue weighted by Gasteiger charge is -2.49. The topological polar surface area (TPSA) is 29.5 Å². The average molecular weight is 210 g/mol. The molecule has 1 aliphatic heterocycles. The summed E-state index contributed by atoms with van der Waals surface area (Å²) in [6.45, 7) is 0.883. The molecule has 3 fully saturated rings. The average Bonchev–Trinajstić information content (AvgIpc) is 2.13. The van der Waals surface area contributed by atoms with Crippen LogP contribution in [0.3, 0.4) is 0 Å². The first kappa shape index (κ1) is 10.1. The third-order valence-corrected chi connectivity index (χ3v) is 4.91. The van der Waals surface area contributed by atoms with E-state index < -0.39 is 0 Å². The van der Waals surface area contributed by atoms with Gasteiger partial charge in [-0.15, -0.1) is 0 Å². The first-order chi connectivity index (χ1) is 7.29. The fraction of sp³-hybridized carbons (Fsp3) is 1.00. The van der Waals surface area contributed by atoms with Crippen molar-refractivity contribution in [2.75, 3.05) is 6.61 Å². The van der Waals surface area contributed by atoms with Crippen LogP contribution in [0.25, 0.3) is 0 Å². The van der Waals surface area contributed by atoms with Gasteiger partial charge in [0, 0.05) is 6.61 Å². The van der Waals surface area contributed by atoms with Gasteiger partial charge in [-0.05, 0) is 56.8 Å². The first-order valence-electron chi connectivity index (χ1n) is 6.61. The minimum absolute atomic E-state index is 0.0277. The van der Waals surface area contributed by atoms with Crippen LogP contribution in [-0.4, -0.2) is 23.4 Å². The molecular weight excluding hydrogens is 188 g/mol. The van der Waals surface area contributed by atoms with Crippen molar-refractivity contribution in [3.8, 4) is 0 Å². The highest BCUT2D eigenvalue weighted by molar-refractivity contribution is 4.96. The predicted molar refractivity (Wildman–Crippen MR) is 58.6 cm³/mol. The lowest BCUT2D eigenvalue weighted by atomic mass is 9.67. The smallest absolute Gasteiger partial charge is 0.0686 e. The van der Waals surface area contributed by atoms with Crippen LogP contribution in [0.4, 0.5) is 0 Å². The summed E-state index contributed by atoms with van der Waals surface area (Å²) < 4.78 is 5.90. The van der Waals surface area contributed by atoms with Crippen LogP contribution < -0.4 is 0 Å². The van der Waals surface area contributed by atoms with Crippen LogP contribution in [0.15, 0.2) is 0 Å². The Kier molecular flexibility index (Phi) is 2.52. The van der Waals surface area contributed by atoms with Crippen molar-refractivity contribution in [2.45, 2.75) is 63.1 Å². The zero-order valence-electron chi connectivity index (χ0n) is 9.45. The maximum absolute atomic E-state index is 10.3. The molecule has 0 amide bonds. The van der Waals surface area contributed by atoms with E-state index in [2.05, 4.69) is 0 Å². The molecule has 1 saturated heterocycles. The van der Waals surface area contributed by atoms with Crippen molar-refractivity contribution >= 4 is 0 Å². The standard InChI is InChI=1S/C13H22O2/c14-12(10-3-1-4-10)11-5-8-15-13(9-11)6-2-7-13/h10-12,14H,1-9H2. The third kappa shape index (κ3) is 1.72. The van der Waals surface area contributed by atoms with Gasteiger partial charge in [-0.3, -0.25) is 0 Å². The van der Waals surface area contributed by atoms with Crippen LogP contribution in [0.5, 0.6) is 0 Å². The molecule has 0 bridgehead atoms. The van der Waals surface area contributed by atoms with E-state index in [1.54, 1.807) is 0 Å². The van der Waals surface area contributed by atoms with Gasteiger partial charge < -0.3 is 9.84 Å². The zero-order valence-corrected chi connectivity index (χ0v) is 9.45. The summed E-state index contributed by atoms with van der Waals surface area (Å²) in [5, 5.41) is 10.3. The molecule has 2 nitrogen and oxygen atoms in total. The Labute approximate surface area is 92.0 Å². The number of ether oxygens (including phenoxy) is 1. The lowest BCUT2D eigenvalue weighted by Crippen LogP contribution is -2.49. The van der Waals surface area contributed by atoms with Gasteiger partial charge in [-0.2, -0.15) is 0 Å². The molecule has 2 saturated carbocycles. The summed E-state index contributed by atoms with van der Waals surface area (Å²) in [4.78, 5) is 0. The van der Waals surface area contributed by atoms with Crippen molar-refractivity contribution in [1.29, 1.82) is 0 Å². The van der Waals surface area contributed by atoms with E-state index in [1.165, 1.54) is 38.5 Å². The Morgan fingerprint density at radius 3 is 2.40 bits per heavy atom. The molecule has 2 atom stereocenters. The Balaban J connectivity index is 1.60. The van der Waals surface area contributed by atoms with Gasteiger partial charge in [0.2, 0.25) is 0 Å². The molecule has 0 aromatic rings. The number of hydrogen-bond donors (Lipinski definition) is 1. The number of hydrogen-bond acceptors (Lipinski definition) is 2. The van der Waals surface area contributed by atoms with Crippen LogP contribution in [-0.2, 0) is 4.74 Å². The van der Waals surface area contributed by atoms with Gasteiger partial charge in [-0.1, -0.05) is 6.42 Å². The molecule has 2 aliphatic carbocycles. The molecular formula is C13H22O2. The molecule has 15 heavy (non-hydrogen) atoms. The van der Waals surface area contributed by atoms with Gasteiger partial charge in [0.05, 0.1) is 11.7 Å². The van der Waals surface area contributed by atoms with Crippen LogP contribution in [0, 0.1) is 11.8 Å². The highest BCUT2D eigenvalue weighted by Crippen LogP contribution is 2.47. The van der Waals surface area contributed by atoms with Crippen molar-refractivity contribution in [1.82, 2.24) is 0 Å². The molecule has 2 unspecified atom stereocenters. The number of rotatable bonds is 2. The molecule has 3 aliphatic rings. The van der Waals surface area contributed by atoms with Crippen molar-refractivity contribution in [3.63, 3.8) is 0 Å². The van der Waals surface area contributed by atoms with E-state index in [-0.39, 0.29) is 11.7 Å². The number of aliphatic hydroxyl groups excluding tert-OH is 1. The maximum Gasteiger partial charge on any atom is 0.0686 e. The Bertz CT molecular complexity index is 231. The number of aliphatic hydroxyl groups is 1. The molecule has 0 radical (unpaired) electrons. The predicted octanol–water partition coefficient (Wildman–Crippen LogP) is 2.50. The van der Waals surface area contributed by atoms with Crippen LogP contribution in [0.2, 0.25) is 0 Å². The summed E-state index contributed by atoms with van der Waals surface area (Å²) in [5.74, 6) is 1.15. The Morgan fingerprint density at radius 1 is 1.07 bits per heavy atom. The van der Waals surface area contributed by atoms with E-state index in [4.69, 9.17) is 4.74 Å². The fourth-order valence-corrected chi connectivity index (χ4v) is 3.44. The minimum Gasteiger partial charge on any atom is -0.393 e. The van der Waals surface area contributed by atoms with Crippen molar-refractivity contribution in [2.24, 2.45) is 11.8 Å². The fourth-order valence-electron chi connectivity index (χ4n) is 3.44. The maximum atomic E-state index is 10.3. The molecule has 3 rings (SSSR count). The van der Waals surface area contributed by atoms with Crippen LogP contribution in [0.1, 0.15) is 51.4 Å². The van der Waals surface area contributed by atoms with Gasteiger partial charge in [0.25, 0.3) is 0 Å². The van der Waals surface area contributed by atoms with Gasteiger partial charge in [0.15, 0.2) is 0 Å². The second-order valence-corrected chi connectivity index (χ2v) is 5.82. The van der Waals surface area contributed by atoms with E-state index >= 15 is 0 Å². The zero-order chi connectivity index (χ0) is 10.3. The molecule has 1 heterocycles. The summed E-state index contributed by atoms with van der Waals surface area (Å²) in [7, 11) is 0. The van der Waals surface area contributed by atoms with Crippen molar-refractivity contribution < 1.29 is 9.84 Å². The van der Waals surface area contributed by atoms with Gasteiger partial charge in [-0.25, -0.2) is 0 Å². The SMILES string of the molecule is OC(C1CCC1)C1CCOC2(CCC2)C1. The summed E-state index contributed by atoms with van der Waals surface area (Å²) in [6, 6.07) is 0. The molecule has 2 heteroatoms. The summed E-state index contributed by atoms with van der Waals surface area (Å²) in [5.41, 5.74) is 0.202. The lowest BCUT2D eigenvalue weighted by molar-refractivity contribution is -0.164. The second-order valence-electron chi connectivity index (χ2n) is 5.82. The normalized spacial score (nSPS) is 37.0. The van der Waals surface area contributed by atoms with E-state index in [1.807, 2.05) is 0 Å². The van der Waals surface area contributed by atoms with E-state index in [0.29, 0.717) is 11.8 Å². The highest BCUT2D eigenvalue weighted by Gasteiger charge is 2.45. The highest BCUT2D eigenvalue weighted by atomic mass is 16.5. The van der Waals surface area contributed by atoms with E-state index in [0.717, 1.165) is 19.4 Å². The molecule has 1 spiro atoms. The quantitative estimate of drug-likeness (QED) is 0.758. The largest absolute Gasteiger partial charge is 0.393 e. The Morgan fingerprint density at radius 2 is 1.87 bits per heavy atom. The summed E-state index contributed by atoms with van der Waals surface area (Å²) in [6.07, 6.45) is 9.82. The molecule has 1 N–H and O–H groups in total.